The first-order valence-electron chi connectivity index (χ1n) is 6.73. The Hall–Kier alpha value is -0.120. The Morgan fingerprint density at radius 1 is 1.06 bits per heavy atom. The van der Waals surface area contributed by atoms with E-state index < -0.39 is 0 Å². The molecule has 0 aromatic heterocycles. The maximum atomic E-state index is 6.38. The van der Waals surface area contributed by atoms with E-state index in [2.05, 4.69) is 13.8 Å². The van der Waals surface area contributed by atoms with Crippen molar-refractivity contribution in [3.63, 3.8) is 0 Å². The van der Waals surface area contributed by atoms with E-state index >= 15 is 0 Å². The Bertz CT molecular complexity index is 244. The highest BCUT2D eigenvalue weighted by Crippen LogP contribution is 2.52. The van der Waals surface area contributed by atoms with E-state index in [-0.39, 0.29) is 11.2 Å². The van der Waals surface area contributed by atoms with Gasteiger partial charge in [0.15, 0.2) is 0 Å². The van der Waals surface area contributed by atoms with Gasteiger partial charge in [0, 0.05) is 14.2 Å². The van der Waals surface area contributed by atoms with Crippen LogP contribution in [0.4, 0.5) is 0 Å². The van der Waals surface area contributed by atoms with Gasteiger partial charge in [-0.25, -0.2) is 0 Å². The number of hydrogen-bond acceptors (Lipinski definition) is 3. The molecule has 0 spiro atoms. The van der Waals surface area contributed by atoms with Gasteiger partial charge in [-0.05, 0) is 37.5 Å². The third-order valence-electron chi connectivity index (χ3n) is 4.50. The van der Waals surface area contributed by atoms with Crippen molar-refractivity contribution in [3.8, 4) is 0 Å². The van der Waals surface area contributed by atoms with Crippen molar-refractivity contribution in [1.82, 2.24) is 0 Å². The van der Waals surface area contributed by atoms with Gasteiger partial charge in [0.05, 0.1) is 24.4 Å². The fraction of sp³-hybridized carbons (Fsp3) is 1.00. The molecule has 0 aromatic rings. The highest BCUT2D eigenvalue weighted by Gasteiger charge is 2.55. The standard InChI is InChI=1S/C14H26O3/c1-11(2)12-7-13(9-15-3)5-6-14(8-12,17-13)10-16-4/h11-12H,5-10H2,1-4H3/t12?,13-,14+. The topological polar surface area (TPSA) is 27.7 Å². The lowest BCUT2D eigenvalue weighted by molar-refractivity contribution is -0.197. The minimum atomic E-state index is -0.0412. The van der Waals surface area contributed by atoms with E-state index in [1.54, 1.807) is 14.2 Å². The molecule has 0 saturated carbocycles. The zero-order chi connectivity index (χ0) is 12.5. The van der Waals surface area contributed by atoms with Gasteiger partial charge in [-0.3, -0.25) is 0 Å². The first kappa shape index (κ1) is 13.3. The van der Waals surface area contributed by atoms with Crippen LogP contribution in [-0.4, -0.2) is 38.6 Å². The van der Waals surface area contributed by atoms with Crippen molar-refractivity contribution >= 4 is 0 Å². The van der Waals surface area contributed by atoms with Crippen LogP contribution in [0.15, 0.2) is 0 Å². The summed E-state index contributed by atoms with van der Waals surface area (Å²) >= 11 is 0. The highest BCUT2D eigenvalue weighted by atomic mass is 16.6. The Balaban J connectivity index is 2.16. The molecular weight excluding hydrogens is 216 g/mol. The van der Waals surface area contributed by atoms with Gasteiger partial charge in [-0.2, -0.15) is 0 Å². The van der Waals surface area contributed by atoms with Crippen LogP contribution in [-0.2, 0) is 14.2 Å². The lowest BCUT2D eigenvalue weighted by Crippen LogP contribution is -2.49. The molecule has 2 fully saturated rings. The quantitative estimate of drug-likeness (QED) is 0.741. The van der Waals surface area contributed by atoms with Gasteiger partial charge >= 0.3 is 0 Å². The summed E-state index contributed by atoms with van der Waals surface area (Å²) in [5.41, 5.74) is -0.0824. The van der Waals surface area contributed by atoms with Crippen molar-refractivity contribution in [1.29, 1.82) is 0 Å². The maximum absolute atomic E-state index is 6.38. The predicted octanol–water partition coefficient (Wildman–Crippen LogP) is 2.63. The number of hydrogen-bond donors (Lipinski definition) is 0. The molecule has 2 aliphatic rings. The molecule has 0 aliphatic carbocycles. The van der Waals surface area contributed by atoms with Gasteiger partial charge in [0.1, 0.15) is 0 Å². The molecule has 2 saturated heterocycles. The SMILES string of the molecule is COC[C@@]12CC[C@@](COC)(CC(C(C)C)C1)O2. The normalized spacial score (nSPS) is 41.1. The summed E-state index contributed by atoms with van der Waals surface area (Å²) in [5, 5.41) is 0. The zero-order valence-electron chi connectivity index (χ0n) is 11.6. The number of methoxy groups -OCH3 is 2. The Morgan fingerprint density at radius 2 is 1.53 bits per heavy atom. The summed E-state index contributed by atoms with van der Waals surface area (Å²) in [6.07, 6.45) is 4.52. The van der Waals surface area contributed by atoms with Gasteiger partial charge in [0.25, 0.3) is 0 Å². The molecule has 0 radical (unpaired) electrons. The van der Waals surface area contributed by atoms with E-state index in [1.165, 1.54) is 0 Å². The molecule has 2 aliphatic heterocycles. The molecule has 2 heterocycles. The largest absolute Gasteiger partial charge is 0.382 e. The van der Waals surface area contributed by atoms with Crippen LogP contribution in [0.1, 0.15) is 39.5 Å². The first-order valence-corrected chi connectivity index (χ1v) is 6.73. The fourth-order valence-electron chi connectivity index (χ4n) is 3.65. The highest BCUT2D eigenvalue weighted by molar-refractivity contribution is 5.04. The molecule has 2 rings (SSSR count). The lowest BCUT2D eigenvalue weighted by Gasteiger charge is -2.45. The second-order valence-corrected chi connectivity index (χ2v) is 6.25. The Kier molecular flexibility index (Phi) is 3.81. The minimum absolute atomic E-state index is 0.0412. The molecular formula is C14H26O3. The summed E-state index contributed by atoms with van der Waals surface area (Å²) in [4.78, 5) is 0. The van der Waals surface area contributed by atoms with E-state index in [0.29, 0.717) is 5.92 Å². The van der Waals surface area contributed by atoms with Crippen LogP contribution in [0.25, 0.3) is 0 Å². The average molecular weight is 242 g/mol. The second-order valence-electron chi connectivity index (χ2n) is 6.25. The molecule has 0 amide bonds. The summed E-state index contributed by atoms with van der Waals surface area (Å²) in [7, 11) is 3.54. The lowest BCUT2D eigenvalue weighted by atomic mass is 9.78. The molecule has 0 aromatic carbocycles. The van der Waals surface area contributed by atoms with Crippen LogP contribution < -0.4 is 0 Å². The van der Waals surface area contributed by atoms with Crippen LogP contribution in [0.5, 0.6) is 0 Å². The van der Waals surface area contributed by atoms with E-state index in [4.69, 9.17) is 14.2 Å². The summed E-state index contributed by atoms with van der Waals surface area (Å²) in [5.74, 6) is 1.45. The first-order chi connectivity index (χ1) is 8.05. The predicted molar refractivity (Wildman–Crippen MR) is 67.1 cm³/mol. The van der Waals surface area contributed by atoms with Crippen molar-refractivity contribution in [2.45, 2.75) is 50.7 Å². The van der Waals surface area contributed by atoms with Crippen LogP contribution >= 0.6 is 0 Å². The van der Waals surface area contributed by atoms with Crippen molar-refractivity contribution in [2.75, 3.05) is 27.4 Å². The van der Waals surface area contributed by atoms with Gasteiger partial charge in [0.2, 0.25) is 0 Å². The maximum Gasteiger partial charge on any atom is 0.0927 e. The molecule has 3 atom stereocenters. The van der Waals surface area contributed by atoms with Crippen molar-refractivity contribution < 1.29 is 14.2 Å². The van der Waals surface area contributed by atoms with Crippen molar-refractivity contribution in [2.24, 2.45) is 11.8 Å². The van der Waals surface area contributed by atoms with Crippen molar-refractivity contribution in [3.05, 3.63) is 0 Å². The molecule has 3 nitrogen and oxygen atoms in total. The van der Waals surface area contributed by atoms with Crippen LogP contribution in [0.3, 0.4) is 0 Å². The Labute approximate surface area is 105 Å². The number of ether oxygens (including phenoxy) is 3. The van der Waals surface area contributed by atoms with Gasteiger partial charge in [-0.15, -0.1) is 0 Å². The summed E-state index contributed by atoms with van der Waals surface area (Å²) in [6, 6.07) is 0. The van der Waals surface area contributed by atoms with Gasteiger partial charge < -0.3 is 14.2 Å². The van der Waals surface area contributed by atoms with Crippen LogP contribution in [0, 0.1) is 11.8 Å². The summed E-state index contributed by atoms with van der Waals surface area (Å²) < 4.78 is 17.2. The van der Waals surface area contributed by atoms with E-state index in [0.717, 1.165) is 44.8 Å². The zero-order valence-corrected chi connectivity index (χ0v) is 11.6. The fourth-order valence-corrected chi connectivity index (χ4v) is 3.65. The Morgan fingerprint density at radius 3 is 1.88 bits per heavy atom. The second kappa shape index (κ2) is 4.87. The monoisotopic (exact) mass is 242 g/mol. The number of fused-ring (bicyclic) bond motifs is 2. The molecule has 100 valence electrons. The van der Waals surface area contributed by atoms with Gasteiger partial charge in [-0.1, -0.05) is 13.8 Å². The average Bonchev–Trinajstić information content (AvgIpc) is 2.51. The minimum Gasteiger partial charge on any atom is -0.382 e. The van der Waals surface area contributed by atoms with E-state index in [1.807, 2.05) is 0 Å². The third-order valence-corrected chi connectivity index (χ3v) is 4.50. The smallest absolute Gasteiger partial charge is 0.0927 e. The summed E-state index contributed by atoms with van der Waals surface area (Å²) in [6.45, 7) is 6.08. The molecule has 3 heteroatoms. The third kappa shape index (κ3) is 2.51. The molecule has 17 heavy (non-hydrogen) atoms. The molecule has 2 bridgehead atoms. The molecule has 1 unspecified atom stereocenters. The number of rotatable bonds is 5. The van der Waals surface area contributed by atoms with Crippen LogP contribution in [0.2, 0.25) is 0 Å². The van der Waals surface area contributed by atoms with E-state index in [9.17, 15) is 0 Å². The molecule has 0 N–H and O–H groups in total.